The van der Waals surface area contributed by atoms with Gasteiger partial charge in [-0.05, 0) is 76.1 Å². The molecule has 3 aromatic carbocycles. The zero-order chi connectivity index (χ0) is 28.0. The van der Waals surface area contributed by atoms with E-state index in [1.54, 1.807) is 37.3 Å². The second-order valence-electron chi connectivity index (χ2n) is 9.33. The van der Waals surface area contributed by atoms with E-state index < -0.39 is 28.5 Å². The lowest BCUT2D eigenvalue weighted by Gasteiger charge is -2.32. The second kappa shape index (κ2) is 12.6. The zero-order valence-electron chi connectivity index (χ0n) is 22.4. The summed E-state index contributed by atoms with van der Waals surface area (Å²) < 4.78 is 29.9. The summed E-state index contributed by atoms with van der Waals surface area (Å²) in [5.74, 6) is -0.792. The molecule has 1 N–H and O–H groups in total. The van der Waals surface area contributed by atoms with Gasteiger partial charge in [-0.25, -0.2) is 8.42 Å². The molecule has 0 saturated heterocycles. The fourth-order valence-corrected chi connectivity index (χ4v) is 5.87. The van der Waals surface area contributed by atoms with E-state index in [1.807, 2.05) is 64.1 Å². The monoisotopic (exact) mass is 599 g/mol. The second-order valence-corrected chi connectivity index (χ2v) is 12.1. The maximum atomic E-state index is 13.9. The minimum absolute atomic E-state index is 0.0899. The van der Waals surface area contributed by atoms with Crippen LogP contribution in [-0.4, -0.2) is 44.3 Å². The number of nitrogens with one attached hydrogen (secondary N) is 1. The summed E-state index contributed by atoms with van der Waals surface area (Å²) >= 11 is 3.41. The number of rotatable bonds is 10. The molecule has 0 radical (unpaired) electrons. The predicted molar refractivity (Wildman–Crippen MR) is 154 cm³/mol. The maximum absolute atomic E-state index is 13.9. The van der Waals surface area contributed by atoms with Gasteiger partial charge in [0.2, 0.25) is 11.8 Å². The molecule has 38 heavy (non-hydrogen) atoms. The van der Waals surface area contributed by atoms with Crippen molar-refractivity contribution < 1.29 is 18.0 Å². The molecule has 0 aromatic heterocycles. The minimum Gasteiger partial charge on any atom is -0.355 e. The fourth-order valence-electron chi connectivity index (χ4n) is 4.13. The molecule has 0 spiro atoms. The SMILES string of the molecule is CCNC(=O)[C@@H](C)N(Cc1ccc(Br)cc1)C(=O)CN(c1ccc(C)cc1C)S(=O)(=O)c1ccc(C)cc1. The van der Waals surface area contributed by atoms with Crippen molar-refractivity contribution in [2.24, 2.45) is 0 Å². The number of carbonyl (C=O) groups is 2. The highest BCUT2D eigenvalue weighted by Gasteiger charge is 2.33. The van der Waals surface area contributed by atoms with E-state index in [-0.39, 0.29) is 17.3 Å². The molecule has 7 nitrogen and oxygen atoms in total. The summed E-state index contributed by atoms with van der Waals surface area (Å²) in [4.78, 5) is 28.2. The van der Waals surface area contributed by atoms with Crippen molar-refractivity contribution in [1.29, 1.82) is 0 Å². The van der Waals surface area contributed by atoms with Gasteiger partial charge in [0.15, 0.2) is 0 Å². The number of benzene rings is 3. The molecule has 0 aliphatic rings. The first-order chi connectivity index (χ1) is 17.9. The summed E-state index contributed by atoms with van der Waals surface area (Å²) in [6, 6.07) is 18.6. The van der Waals surface area contributed by atoms with Crippen LogP contribution in [0.4, 0.5) is 5.69 Å². The third kappa shape index (κ3) is 7.02. The zero-order valence-corrected chi connectivity index (χ0v) is 24.8. The molecule has 202 valence electrons. The average molecular weight is 601 g/mol. The van der Waals surface area contributed by atoms with Crippen LogP contribution < -0.4 is 9.62 Å². The number of aryl methyl sites for hydroxylation is 3. The Hall–Kier alpha value is -3.17. The van der Waals surface area contributed by atoms with Crippen LogP contribution >= 0.6 is 15.9 Å². The van der Waals surface area contributed by atoms with Gasteiger partial charge in [-0.2, -0.15) is 0 Å². The molecule has 3 aromatic rings. The standard InChI is InChI=1S/C29H34BrN3O4S/c1-6-31-29(35)23(5)32(18-24-10-12-25(30)13-11-24)28(34)19-33(27-16-9-21(3)17-22(27)4)38(36,37)26-14-7-20(2)8-15-26/h7-17,23H,6,18-19H2,1-5H3,(H,31,35)/t23-/m1/s1. The Balaban J connectivity index is 2.06. The van der Waals surface area contributed by atoms with Crippen LogP contribution in [-0.2, 0) is 26.2 Å². The highest BCUT2D eigenvalue weighted by atomic mass is 79.9. The number of likely N-dealkylation sites (N-methyl/N-ethyl adjacent to an activating group) is 1. The third-order valence-electron chi connectivity index (χ3n) is 6.29. The first kappa shape index (κ1) is 29.4. The number of hydrogen-bond donors (Lipinski definition) is 1. The van der Waals surface area contributed by atoms with Crippen LogP contribution in [0, 0.1) is 20.8 Å². The van der Waals surface area contributed by atoms with Gasteiger partial charge in [0.25, 0.3) is 10.0 Å². The Bertz CT molecular complexity index is 1390. The minimum atomic E-state index is -4.09. The maximum Gasteiger partial charge on any atom is 0.264 e. The van der Waals surface area contributed by atoms with Gasteiger partial charge in [0.05, 0.1) is 10.6 Å². The lowest BCUT2D eigenvalue weighted by molar-refractivity contribution is -0.139. The molecule has 0 aliphatic carbocycles. The molecular formula is C29H34BrN3O4S. The van der Waals surface area contributed by atoms with Gasteiger partial charge in [-0.1, -0.05) is 63.5 Å². The highest BCUT2D eigenvalue weighted by molar-refractivity contribution is 9.10. The van der Waals surface area contributed by atoms with Crippen LogP contribution in [0.3, 0.4) is 0 Å². The largest absolute Gasteiger partial charge is 0.355 e. The van der Waals surface area contributed by atoms with Crippen molar-refractivity contribution in [1.82, 2.24) is 10.2 Å². The van der Waals surface area contributed by atoms with Crippen LogP contribution in [0.15, 0.2) is 76.1 Å². The molecule has 1 atom stereocenters. The van der Waals surface area contributed by atoms with Gasteiger partial charge >= 0.3 is 0 Å². The fraction of sp³-hybridized carbons (Fsp3) is 0.310. The number of hydrogen-bond acceptors (Lipinski definition) is 4. The van der Waals surface area contributed by atoms with Crippen molar-refractivity contribution in [2.45, 2.75) is 52.1 Å². The Labute approximate surface area is 234 Å². The Morgan fingerprint density at radius 2 is 1.53 bits per heavy atom. The van der Waals surface area contributed by atoms with Crippen molar-refractivity contribution in [2.75, 3.05) is 17.4 Å². The summed E-state index contributed by atoms with van der Waals surface area (Å²) in [7, 11) is -4.09. The third-order valence-corrected chi connectivity index (χ3v) is 8.60. The molecule has 0 fully saturated rings. The van der Waals surface area contributed by atoms with Crippen molar-refractivity contribution in [3.8, 4) is 0 Å². The number of amides is 2. The Morgan fingerprint density at radius 3 is 2.11 bits per heavy atom. The van der Waals surface area contributed by atoms with Crippen molar-refractivity contribution >= 4 is 43.5 Å². The number of nitrogens with zero attached hydrogens (tertiary/aromatic N) is 2. The van der Waals surface area contributed by atoms with E-state index in [1.165, 1.54) is 4.90 Å². The molecule has 0 unspecified atom stereocenters. The molecule has 0 aliphatic heterocycles. The Kier molecular flexibility index (Phi) is 9.73. The van der Waals surface area contributed by atoms with Gasteiger partial charge in [0, 0.05) is 17.6 Å². The van der Waals surface area contributed by atoms with E-state index in [0.29, 0.717) is 12.2 Å². The van der Waals surface area contributed by atoms with Crippen LogP contribution in [0.5, 0.6) is 0 Å². The lowest BCUT2D eigenvalue weighted by atomic mass is 10.1. The van der Waals surface area contributed by atoms with Crippen LogP contribution in [0.2, 0.25) is 0 Å². The van der Waals surface area contributed by atoms with Gasteiger partial charge in [-0.3, -0.25) is 13.9 Å². The Morgan fingerprint density at radius 1 is 0.921 bits per heavy atom. The summed E-state index contributed by atoms with van der Waals surface area (Å²) in [5, 5.41) is 2.77. The lowest BCUT2D eigenvalue weighted by Crippen LogP contribution is -2.51. The molecular weight excluding hydrogens is 566 g/mol. The first-order valence-electron chi connectivity index (χ1n) is 12.4. The first-order valence-corrected chi connectivity index (χ1v) is 14.7. The van der Waals surface area contributed by atoms with E-state index in [2.05, 4.69) is 21.2 Å². The predicted octanol–water partition coefficient (Wildman–Crippen LogP) is 5.12. The molecule has 0 heterocycles. The van der Waals surface area contributed by atoms with Crippen LogP contribution in [0.1, 0.15) is 36.1 Å². The summed E-state index contributed by atoms with van der Waals surface area (Å²) in [6.07, 6.45) is 0. The molecule has 3 rings (SSSR count). The van der Waals surface area contributed by atoms with Gasteiger partial charge in [-0.15, -0.1) is 0 Å². The summed E-state index contributed by atoms with van der Waals surface area (Å²) in [5.41, 5.74) is 3.86. The number of carbonyl (C=O) groups excluding carboxylic acids is 2. The summed E-state index contributed by atoms with van der Waals surface area (Å²) in [6.45, 7) is 9.19. The number of anilines is 1. The van der Waals surface area contributed by atoms with E-state index in [0.717, 1.165) is 31.0 Å². The number of halogens is 1. The van der Waals surface area contributed by atoms with Crippen molar-refractivity contribution in [3.05, 3.63) is 93.5 Å². The van der Waals surface area contributed by atoms with Gasteiger partial charge in [0.1, 0.15) is 12.6 Å². The van der Waals surface area contributed by atoms with E-state index in [4.69, 9.17) is 0 Å². The van der Waals surface area contributed by atoms with E-state index >= 15 is 0 Å². The van der Waals surface area contributed by atoms with Gasteiger partial charge < -0.3 is 10.2 Å². The molecule has 2 amide bonds. The van der Waals surface area contributed by atoms with E-state index in [9.17, 15) is 18.0 Å². The molecule has 9 heteroatoms. The molecule has 0 saturated carbocycles. The van der Waals surface area contributed by atoms with Crippen molar-refractivity contribution in [3.63, 3.8) is 0 Å². The quantitative estimate of drug-likeness (QED) is 0.350. The number of sulfonamides is 1. The topological polar surface area (TPSA) is 86.8 Å². The highest BCUT2D eigenvalue weighted by Crippen LogP contribution is 2.28. The molecule has 0 bridgehead atoms. The van der Waals surface area contributed by atoms with Crippen LogP contribution in [0.25, 0.3) is 0 Å². The average Bonchev–Trinajstić information content (AvgIpc) is 2.87. The smallest absolute Gasteiger partial charge is 0.264 e. The normalized spacial score (nSPS) is 12.1.